The Morgan fingerprint density at radius 2 is 0.848 bits per heavy atom. The van der Waals surface area contributed by atoms with Crippen molar-refractivity contribution in [1.82, 2.24) is 0 Å². The van der Waals surface area contributed by atoms with Gasteiger partial charge in [0.05, 0.1) is 0 Å². The van der Waals surface area contributed by atoms with E-state index in [1.807, 2.05) is 0 Å². The average molecular weight is 587 g/mol. The van der Waals surface area contributed by atoms with Gasteiger partial charge in [-0.15, -0.1) is 0 Å². The first-order valence-corrected chi connectivity index (χ1v) is 16.6. The highest BCUT2D eigenvalue weighted by Crippen LogP contribution is 2.44. The van der Waals surface area contributed by atoms with Gasteiger partial charge in [-0.25, -0.2) is 0 Å². The van der Waals surface area contributed by atoms with Gasteiger partial charge >= 0.3 is 0 Å². The molecule has 0 spiro atoms. The molecule has 2 atom stereocenters. The molecule has 10 rings (SSSR count). The molecule has 8 aromatic carbocycles. The summed E-state index contributed by atoms with van der Waals surface area (Å²) in [5, 5.41) is 16.2. The average Bonchev–Trinajstić information content (AvgIpc) is 3.08. The fourth-order valence-electron chi connectivity index (χ4n) is 8.40. The van der Waals surface area contributed by atoms with Crippen LogP contribution in [0.1, 0.15) is 37.5 Å². The van der Waals surface area contributed by atoms with Crippen LogP contribution in [0.5, 0.6) is 0 Å². The van der Waals surface area contributed by atoms with E-state index in [1.54, 1.807) is 0 Å². The van der Waals surface area contributed by atoms with Crippen molar-refractivity contribution in [2.45, 2.75) is 26.2 Å². The summed E-state index contributed by atoms with van der Waals surface area (Å²) >= 11 is 0. The zero-order chi connectivity index (χ0) is 30.7. The van der Waals surface area contributed by atoms with E-state index < -0.39 is 0 Å². The molecule has 46 heavy (non-hydrogen) atoms. The van der Waals surface area contributed by atoms with Gasteiger partial charge in [-0.05, 0) is 97.9 Å². The second-order valence-corrected chi connectivity index (χ2v) is 14.5. The molecular weight excluding hydrogens is 553 g/mol. The highest BCUT2D eigenvalue weighted by molar-refractivity contribution is 6.26. The molecule has 0 fully saturated rings. The minimum Gasteiger partial charge on any atom is -0.0761 e. The highest BCUT2D eigenvalue weighted by atomic mass is 14.3. The van der Waals surface area contributed by atoms with Crippen molar-refractivity contribution in [3.05, 3.63) is 156 Å². The molecule has 0 aromatic heterocycles. The van der Waals surface area contributed by atoms with E-state index in [-0.39, 0.29) is 5.41 Å². The minimum atomic E-state index is 0.117. The summed E-state index contributed by atoms with van der Waals surface area (Å²) in [5.41, 5.74) is 6.79. The van der Waals surface area contributed by atoms with Gasteiger partial charge in [0, 0.05) is 11.8 Å². The van der Waals surface area contributed by atoms with Crippen LogP contribution >= 0.6 is 0 Å². The summed E-state index contributed by atoms with van der Waals surface area (Å²) in [6, 6.07) is 39.2. The summed E-state index contributed by atoms with van der Waals surface area (Å²) in [6.07, 6.45) is 14.5. The Morgan fingerprint density at radius 1 is 0.435 bits per heavy atom. The molecule has 218 valence electrons. The van der Waals surface area contributed by atoms with Crippen LogP contribution in [0, 0.1) is 11.8 Å². The number of fused-ring (bicyclic) bond motifs is 1. The molecule has 0 amide bonds. The van der Waals surface area contributed by atoms with E-state index in [9.17, 15) is 0 Å². The molecule has 0 saturated heterocycles. The predicted octanol–water partition coefficient (Wildman–Crippen LogP) is 12.6. The predicted molar refractivity (Wildman–Crippen MR) is 200 cm³/mol. The Morgan fingerprint density at radius 3 is 1.37 bits per heavy atom. The molecule has 0 heteroatoms. The number of hydrogen-bond acceptors (Lipinski definition) is 0. The van der Waals surface area contributed by atoms with Gasteiger partial charge in [0.15, 0.2) is 0 Å². The van der Waals surface area contributed by atoms with Crippen LogP contribution in [0.15, 0.2) is 140 Å². The van der Waals surface area contributed by atoms with Gasteiger partial charge in [-0.3, -0.25) is 0 Å². The maximum atomic E-state index is 2.49. The molecule has 2 aliphatic rings. The Hall–Kier alpha value is -5.20. The lowest BCUT2D eigenvalue weighted by atomic mass is 9.77. The third-order valence-corrected chi connectivity index (χ3v) is 10.8. The van der Waals surface area contributed by atoms with Crippen LogP contribution < -0.4 is 0 Å². The lowest BCUT2D eigenvalue weighted by molar-refractivity contribution is 0.591. The van der Waals surface area contributed by atoms with Crippen molar-refractivity contribution in [1.29, 1.82) is 0 Å². The van der Waals surface area contributed by atoms with Gasteiger partial charge in [0.1, 0.15) is 0 Å². The van der Waals surface area contributed by atoms with Crippen LogP contribution in [-0.2, 0) is 5.41 Å². The number of allylic oxidation sites excluding steroid dienone is 8. The Kier molecular flexibility index (Phi) is 5.20. The van der Waals surface area contributed by atoms with E-state index in [0.29, 0.717) is 11.8 Å². The van der Waals surface area contributed by atoms with E-state index in [0.717, 1.165) is 0 Å². The number of hydrogen-bond donors (Lipinski definition) is 0. The fraction of sp³-hybridized carbons (Fsp3) is 0.130. The topological polar surface area (TPSA) is 0 Å². The molecule has 0 bridgehead atoms. The van der Waals surface area contributed by atoms with Crippen molar-refractivity contribution < 1.29 is 0 Å². The molecular formula is C46H34. The molecule has 0 heterocycles. The SMILES string of the molecule is CC(C)(C)c1cc2ccc3ccc(C4=CC5C=CC(c6ccc7ccc8cccc9ccc6c7c89)=CC5C=C4)c4ccc(c1)c2c34. The third-order valence-electron chi connectivity index (χ3n) is 10.8. The first-order valence-electron chi connectivity index (χ1n) is 16.6. The summed E-state index contributed by atoms with van der Waals surface area (Å²) < 4.78 is 0. The summed E-state index contributed by atoms with van der Waals surface area (Å²) in [6.45, 7) is 6.91. The monoisotopic (exact) mass is 586 g/mol. The third kappa shape index (κ3) is 3.68. The van der Waals surface area contributed by atoms with Gasteiger partial charge in [0.2, 0.25) is 0 Å². The lowest BCUT2D eigenvalue weighted by Gasteiger charge is -2.27. The summed E-state index contributed by atoms with van der Waals surface area (Å²) in [7, 11) is 0. The largest absolute Gasteiger partial charge is 0.0761 e. The zero-order valence-electron chi connectivity index (χ0n) is 26.4. The van der Waals surface area contributed by atoms with E-state index in [1.165, 1.54) is 92.5 Å². The lowest BCUT2D eigenvalue weighted by Crippen LogP contribution is -2.13. The van der Waals surface area contributed by atoms with Gasteiger partial charge in [0.25, 0.3) is 0 Å². The van der Waals surface area contributed by atoms with E-state index in [4.69, 9.17) is 0 Å². The molecule has 0 N–H and O–H groups in total. The molecule has 2 unspecified atom stereocenters. The Labute approximate surface area is 269 Å². The Balaban J connectivity index is 1.05. The van der Waals surface area contributed by atoms with Crippen molar-refractivity contribution in [2.75, 3.05) is 0 Å². The smallest absolute Gasteiger partial charge is 0.00571 e. The second-order valence-electron chi connectivity index (χ2n) is 14.5. The van der Waals surface area contributed by atoms with Crippen molar-refractivity contribution >= 4 is 75.8 Å². The van der Waals surface area contributed by atoms with Crippen molar-refractivity contribution in [2.24, 2.45) is 11.8 Å². The van der Waals surface area contributed by atoms with Gasteiger partial charge < -0.3 is 0 Å². The first-order chi connectivity index (χ1) is 22.4. The fourth-order valence-corrected chi connectivity index (χ4v) is 8.40. The normalized spacial score (nSPS) is 18.4. The zero-order valence-corrected chi connectivity index (χ0v) is 26.4. The van der Waals surface area contributed by atoms with Crippen molar-refractivity contribution in [3.63, 3.8) is 0 Å². The number of rotatable bonds is 2. The molecule has 0 radical (unpaired) electrons. The minimum absolute atomic E-state index is 0.117. The maximum Gasteiger partial charge on any atom is 0.00571 e. The van der Waals surface area contributed by atoms with Crippen LogP contribution in [-0.4, -0.2) is 0 Å². The highest BCUT2D eigenvalue weighted by Gasteiger charge is 2.24. The summed E-state index contributed by atoms with van der Waals surface area (Å²) in [4.78, 5) is 0. The molecule has 8 aromatic rings. The quantitative estimate of drug-likeness (QED) is 0.177. The van der Waals surface area contributed by atoms with Gasteiger partial charge in [-0.2, -0.15) is 0 Å². The van der Waals surface area contributed by atoms with E-state index >= 15 is 0 Å². The van der Waals surface area contributed by atoms with Crippen LogP contribution in [0.4, 0.5) is 0 Å². The standard InChI is InChI=1S/C46H34/c1-46(2,3)37-25-35-14-9-30-16-20-39(41-22-18-36(26-37)43(35)45(30)41)34-13-11-31-23-33(12-10-32(31)24-34)38-19-15-29-8-7-27-5-4-6-28-17-21-40(38)44(29)42(27)28/h4-26,31-32H,1-3H3. The molecule has 0 nitrogen and oxygen atoms in total. The van der Waals surface area contributed by atoms with Crippen LogP contribution in [0.3, 0.4) is 0 Å². The van der Waals surface area contributed by atoms with Gasteiger partial charge in [-0.1, -0.05) is 160 Å². The first kappa shape index (κ1) is 26.1. The Bertz CT molecular complexity index is 2630. The van der Waals surface area contributed by atoms with Crippen LogP contribution in [0.25, 0.3) is 75.8 Å². The van der Waals surface area contributed by atoms with E-state index in [2.05, 4.69) is 160 Å². The summed E-state index contributed by atoms with van der Waals surface area (Å²) in [5.74, 6) is 0.689. The van der Waals surface area contributed by atoms with Crippen molar-refractivity contribution in [3.8, 4) is 0 Å². The molecule has 0 aliphatic heterocycles. The second kappa shape index (κ2) is 9.18. The number of benzene rings is 8. The maximum absolute atomic E-state index is 2.49. The molecule has 0 saturated carbocycles. The molecule has 2 aliphatic carbocycles. The van der Waals surface area contributed by atoms with Crippen LogP contribution in [0.2, 0.25) is 0 Å².